The van der Waals surface area contributed by atoms with Gasteiger partial charge in [-0.3, -0.25) is 4.79 Å². The molecule has 0 bridgehead atoms. The van der Waals surface area contributed by atoms with E-state index >= 15 is 0 Å². The maximum absolute atomic E-state index is 11.5. The zero-order valence-electron chi connectivity index (χ0n) is 7.59. The van der Waals surface area contributed by atoms with Crippen molar-refractivity contribution < 1.29 is 9.53 Å². The first-order valence-corrected chi connectivity index (χ1v) is 4.40. The van der Waals surface area contributed by atoms with Crippen LogP contribution >= 0.6 is 0 Å². The Bertz CT molecular complexity index is 257. The molecule has 1 saturated heterocycles. The Balaban J connectivity index is 2.12. The van der Waals surface area contributed by atoms with Crippen LogP contribution in [0.25, 0.3) is 0 Å². The number of carbonyl (C=O) groups is 1. The van der Waals surface area contributed by atoms with Crippen molar-refractivity contribution in [2.24, 2.45) is 5.92 Å². The average Bonchev–Trinajstić information content (AvgIpc) is 2.62. The topological polar surface area (TPSA) is 29.6 Å². The second-order valence-corrected chi connectivity index (χ2v) is 4.12. The molecule has 0 radical (unpaired) electrons. The van der Waals surface area contributed by atoms with Crippen LogP contribution in [0.3, 0.4) is 0 Å². The molecule has 1 aliphatic heterocycles. The SMILES string of the molecule is C=C(C)C1CC(=O)[C@@]2(C)O[C@H]2C1. The summed E-state index contributed by atoms with van der Waals surface area (Å²) in [6.07, 6.45) is 1.79. The first kappa shape index (κ1) is 7.99. The maximum Gasteiger partial charge on any atom is 0.167 e. The summed E-state index contributed by atoms with van der Waals surface area (Å²) in [4.78, 5) is 11.5. The molecule has 2 rings (SSSR count). The van der Waals surface area contributed by atoms with Crippen molar-refractivity contribution in [2.75, 3.05) is 0 Å². The van der Waals surface area contributed by atoms with Crippen molar-refractivity contribution in [3.63, 3.8) is 0 Å². The van der Waals surface area contributed by atoms with Gasteiger partial charge in [-0.05, 0) is 26.2 Å². The van der Waals surface area contributed by atoms with Gasteiger partial charge in [0.25, 0.3) is 0 Å². The fraction of sp³-hybridized carbons (Fsp3) is 0.700. The Morgan fingerprint density at radius 2 is 2.42 bits per heavy atom. The van der Waals surface area contributed by atoms with E-state index in [-0.39, 0.29) is 11.9 Å². The molecule has 0 aromatic heterocycles. The molecule has 3 atom stereocenters. The maximum atomic E-state index is 11.5. The summed E-state index contributed by atoms with van der Waals surface area (Å²) < 4.78 is 5.37. The minimum absolute atomic E-state index is 0.181. The van der Waals surface area contributed by atoms with Gasteiger partial charge in [-0.25, -0.2) is 0 Å². The summed E-state index contributed by atoms with van der Waals surface area (Å²) in [6, 6.07) is 0. The molecule has 1 saturated carbocycles. The molecule has 2 fully saturated rings. The van der Waals surface area contributed by atoms with Gasteiger partial charge in [0, 0.05) is 6.42 Å². The first-order chi connectivity index (χ1) is 5.54. The van der Waals surface area contributed by atoms with Crippen LogP contribution in [-0.4, -0.2) is 17.5 Å². The molecule has 2 heteroatoms. The zero-order chi connectivity index (χ0) is 8.93. The predicted molar refractivity (Wildman–Crippen MR) is 45.8 cm³/mol. The van der Waals surface area contributed by atoms with Crippen molar-refractivity contribution in [3.8, 4) is 0 Å². The van der Waals surface area contributed by atoms with E-state index in [0.29, 0.717) is 12.3 Å². The van der Waals surface area contributed by atoms with Crippen LogP contribution in [0, 0.1) is 5.92 Å². The number of hydrogen-bond donors (Lipinski definition) is 0. The second-order valence-electron chi connectivity index (χ2n) is 4.12. The van der Waals surface area contributed by atoms with Gasteiger partial charge in [0.15, 0.2) is 5.78 Å². The van der Waals surface area contributed by atoms with Gasteiger partial charge in [-0.15, -0.1) is 0 Å². The number of allylic oxidation sites excluding steroid dienone is 1. The third-order valence-corrected chi connectivity index (χ3v) is 3.13. The van der Waals surface area contributed by atoms with Gasteiger partial charge < -0.3 is 4.74 Å². The third-order valence-electron chi connectivity index (χ3n) is 3.13. The van der Waals surface area contributed by atoms with E-state index in [1.54, 1.807) is 0 Å². The lowest BCUT2D eigenvalue weighted by molar-refractivity contribution is -0.124. The lowest BCUT2D eigenvalue weighted by Crippen LogP contribution is -2.32. The molecule has 0 spiro atoms. The van der Waals surface area contributed by atoms with Crippen molar-refractivity contribution in [1.82, 2.24) is 0 Å². The number of ketones is 1. The van der Waals surface area contributed by atoms with Crippen LogP contribution < -0.4 is 0 Å². The molecule has 0 amide bonds. The first-order valence-electron chi connectivity index (χ1n) is 4.40. The highest BCUT2D eigenvalue weighted by Gasteiger charge is 2.61. The van der Waals surface area contributed by atoms with Crippen molar-refractivity contribution in [3.05, 3.63) is 12.2 Å². The Morgan fingerprint density at radius 1 is 1.75 bits per heavy atom. The number of epoxide rings is 1. The molecular weight excluding hydrogens is 152 g/mol. The molecule has 1 aliphatic carbocycles. The third kappa shape index (κ3) is 0.944. The molecule has 0 N–H and O–H groups in total. The van der Waals surface area contributed by atoms with Crippen LogP contribution in [0.4, 0.5) is 0 Å². The minimum atomic E-state index is -0.411. The quantitative estimate of drug-likeness (QED) is 0.438. The molecule has 1 heterocycles. The average molecular weight is 166 g/mol. The number of rotatable bonds is 1. The summed E-state index contributed by atoms with van der Waals surface area (Å²) in [6.45, 7) is 7.77. The number of fused-ring (bicyclic) bond motifs is 1. The van der Waals surface area contributed by atoms with Crippen LogP contribution in [0.2, 0.25) is 0 Å². The van der Waals surface area contributed by atoms with Gasteiger partial charge in [0.05, 0.1) is 6.10 Å². The minimum Gasteiger partial charge on any atom is -0.358 e. The molecule has 1 unspecified atom stereocenters. The molecule has 0 aromatic carbocycles. The number of ether oxygens (including phenoxy) is 1. The van der Waals surface area contributed by atoms with Crippen molar-refractivity contribution in [1.29, 1.82) is 0 Å². The summed E-state index contributed by atoms with van der Waals surface area (Å²) in [7, 11) is 0. The molecule has 0 aromatic rings. The number of carbonyl (C=O) groups excluding carboxylic acids is 1. The smallest absolute Gasteiger partial charge is 0.167 e. The lowest BCUT2D eigenvalue weighted by Gasteiger charge is -2.21. The van der Waals surface area contributed by atoms with Gasteiger partial charge in [0.1, 0.15) is 5.60 Å². The van der Waals surface area contributed by atoms with E-state index in [9.17, 15) is 4.79 Å². The van der Waals surface area contributed by atoms with Crippen LogP contribution in [-0.2, 0) is 9.53 Å². The largest absolute Gasteiger partial charge is 0.358 e. The lowest BCUT2D eigenvalue weighted by atomic mass is 9.79. The number of Topliss-reactive ketones (excluding diaryl/α,β-unsaturated/α-hetero) is 1. The Kier molecular flexibility index (Phi) is 1.46. The summed E-state index contributed by atoms with van der Waals surface area (Å²) in [5.74, 6) is 0.616. The molecular formula is C10H14O2. The van der Waals surface area contributed by atoms with Crippen molar-refractivity contribution >= 4 is 5.78 Å². The Hall–Kier alpha value is -0.630. The van der Waals surface area contributed by atoms with E-state index in [1.807, 2.05) is 13.8 Å². The summed E-state index contributed by atoms with van der Waals surface area (Å²) in [5.41, 5.74) is 0.701. The fourth-order valence-electron chi connectivity index (χ4n) is 1.92. The zero-order valence-corrected chi connectivity index (χ0v) is 7.59. The van der Waals surface area contributed by atoms with E-state index in [0.717, 1.165) is 12.0 Å². The highest BCUT2D eigenvalue weighted by atomic mass is 16.6. The Morgan fingerprint density at radius 3 is 2.92 bits per heavy atom. The van der Waals surface area contributed by atoms with Gasteiger partial charge in [0.2, 0.25) is 0 Å². The van der Waals surface area contributed by atoms with E-state index in [2.05, 4.69) is 6.58 Å². The van der Waals surface area contributed by atoms with E-state index in [1.165, 1.54) is 0 Å². The fourth-order valence-corrected chi connectivity index (χ4v) is 1.92. The van der Waals surface area contributed by atoms with Crippen LogP contribution in [0.15, 0.2) is 12.2 Å². The van der Waals surface area contributed by atoms with E-state index in [4.69, 9.17) is 4.74 Å². The van der Waals surface area contributed by atoms with E-state index < -0.39 is 5.60 Å². The molecule has 2 nitrogen and oxygen atoms in total. The molecule has 12 heavy (non-hydrogen) atoms. The Labute approximate surface area is 72.6 Å². The normalized spacial score (nSPS) is 45.3. The molecule has 66 valence electrons. The molecule has 2 aliphatic rings. The standard InChI is InChI=1S/C10H14O2/c1-6(2)7-4-8(11)10(3)9(5-7)12-10/h7,9H,1,4-5H2,2-3H3/t7?,9-,10+/m0/s1. The predicted octanol–water partition coefficient (Wildman–Crippen LogP) is 1.70. The van der Waals surface area contributed by atoms with Crippen LogP contribution in [0.1, 0.15) is 26.7 Å². The summed E-state index contributed by atoms with van der Waals surface area (Å²) in [5, 5.41) is 0. The van der Waals surface area contributed by atoms with Crippen molar-refractivity contribution in [2.45, 2.75) is 38.4 Å². The highest BCUT2D eigenvalue weighted by molar-refractivity contribution is 5.91. The monoisotopic (exact) mass is 166 g/mol. The van der Waals surface area contributed by atoms with Gasteiger partial charge in [-0.1, -0.05) is 12.2 Å². The second kappa shape index (κ2) is 2.19. The summed E-state index contributed by atoms with van der Waals surface area (Å²) >= 11 is 0. The highest BCUT2D eigenvalue weighted by Crippen LogP contribution is 2.48. The van der Waals surface area contributed by atoms with Crippen LogP contribution in [0.5, 0.6) is 0 Å². The van der Waals surface area contributed by atoms with Gasteiger partial charge >= 0.3 is 0 Å². The number of hydrogen-bond acceptors (Lipinski definition) is 2. The van der Waals surface area contributed by atoms with Gasteiger partial charge in [-0.2, -0.15) is 0 Å².